The Hall–Kier alpha value is -2.66. The second-order valence-electron chi connectivity index (χ2n) is 14.5. The number of hydrogen-bond donors (Lipinski definition) is 5. The average Bonchev–Trinajstić information content (AvgIpc) is 3.21. The number of rotatable bonds is 43. The van der Waals surface area contributed by atoms with Gasteiger partial charge in [0.25, 0.3) is 0 Å². The number of alkyl halides is 1. The van der Waals surface area contributed by atoms with Crippen molar-refractivity contribution in [1.29, 1.82) is 0 Å². The number of carboxylic acids is 2. The summed E-state index contributed by atoms with van der Waals surface area (Å²) in [4.78, 5) is 67.5. The second-order valence-corrected chi connectivity index (χ2v) is 15.0. The number of carboxylic acid groups (broad SMARTS) is 2. The average molecular weight is 911 g/mol. The Morgan fingerprint density at radius 3 is 1.54 bits per heavy atom. The van der Waals surface area contributed by atoms with E-state index in [9.17, 15) is 33.9 Å². The van der Waals surface area contributed by atoms with Gasteiger partial charge in [0.2, 0.25) is 17.7 Å². The number of carbonyl (C=O) groups excluding carboxylic acids is 4. The number of nitrogens with one attached hydrogen (secondary N) is 3. The predicted octanol–water partition coefficient (Wildman–Crippen LogP) is 6.90. The molecule has 0 fully saturated rings. The molecule has 15 nitrogen and oxygen atoms in total. The van der Waals surface area contributed by atoms with Gasteiger partial charge in [-0.2, -0.15) is 0 Å². The maximum Gasteiger partial charge on any atom is 0.326 e. The molecule has 0 unspecified atom stereocenters. The summed E-state index contributed by atoms with van der Waals surface area (Å²) in [6.45, 7) is 7.42. The third-order valence-corrected chi connectivity index (χ3v) is 9.64. The first kappa shape index (κ1) is 58.4. The van der Waals surface area contributed by atoms with Gasteiger partial charge in [-0.1, -0.05) is 106 Å². The van der Waals surface area contributed by atoms with Crippen molar-refractivity contribution in [3.8, 4) is 0 Å². The van der Waals surface area contributed by atoms with Gasteiger partial charge < -0.3 is 45.1 Å². The summed E-state index contributed by atoms with van der Waals surface area (Å²) in [7, 11) is 0. The molecule has 0 aliphatic heterocycles. The fraction of sp³-hybridized carbons (Fsp3) is 0.860. The molecule has 0 spiro atoms. The van der Waals surface area contributed by atoms with Crippen molar-refractivity contribution in [2.24, 2.45) is 0 Å². The molecule has 16 heteroatoms. The minimum atomic E-state index is -1.12. The van der Waals surface area contributed by atoms with E-state index in [2.05, 4.69) is 31.9 Å². The number of ether oxygens (including phenoxy) is 4. The highest BCUT2D eigenvalue weighted by Crippen LogP contribution is 2.14. The van der Waals surface area contributed by atoms with E-state index in [0.29, 0.717) is 78.0 Å². The molecule has 0 aromatic carbocycles. The van der Waals surface area contributed by atoms with Gasteiger partial charge in [-0.3, -0.25) is 24.0 Å². The lowest BCUT2D eigenvalue weighted by Gasteiger charge is -2.14. The third-order valence-electron chi connectivity index (χ3n) is 9.13. The van der Waals surface area contributed by atoms with Crippen LogP contribution in [-0.4, -0.2) is 123 Å². The van der Waals surface area contributed by atoms with E-state index in [-0.39, 0.29) is 55.8 Å². The number of unbranched alkanes of at least 4 members (excludes halogenated alkanes) is 16. The molecule has 0 rings (SSSR count). The molecule has 0 aromatic heterocycles. The van der Waals surface area contributed by atoms with Gasteiger partial charge >= 0.3 is 11.9 Å². The van der Waals surface area contributed by atoms with Crippen LogP contribution in [0, 0.1) is 0 Å². The number of hydrogen-bond acceptors (Lipinski definition) is 10. The molecule has 0 heterocycles. The Labute approximate surface area is 363 Å². The summed E-state index contributed by atoms with van der Waals surface area (Å²) in [5.41, 5.74) is 0. The van der Waals surface area contributed by atoms with Gasteiger partial charge in [-0.15, -0.1) is 0 Å². The minimum absolute atomic E-state index is 0.0324. The Bertz CT molecular complexity index is 1050. The number of ketones is 1. The van der Waals surface area contributed by atoms with E-state index >= 15 is 0 Å². The van der Waals surface area contributed by atoms with Crippen LogP contribution in [0.2, 0.25) is 0 Å². The van der Waals surface area contributed by atoms with Crippen molar-refractivity contribution in [3.63, 3.8) is 0 Å². The molecular formula is C43H80BrN3O12. The molecule has 5 N–H and O–H groups in total. The first-order valence-electron chi connectivity index (χ1n) is 22.2. The molecule has 0 saturated carbocycles. The van der Waals surface area contributed by atoms with Gasteiger partial charge in [-0.25, -0.2) is 4.79 Å². The molecule has 0 aromatic rings. The van der Waals surface area contributed by atoms with Crippen LogP contribution in [0.1, 0.15) is 162 Å². The van der Waals surface area contributed by atoms with Crippen LogP contribution in [0.25, 0.3) is 0 Å². The third kappa shape index (κ3) is 47.9. The fourth-order valence-electron chi connectivity index (χ4n) is 5.82. The topological polar surface area (TPSA) is 216 Å². The number of halogens is 1. The summed E-state index contributed by atoms with van der Waals surface area (Å²) in [5.74, 6) is -2.24. The minimum Gasteiger partial charge on any atom is -0.481 e. The van der Waals surface area contributed by atoms with Crippen molar-refractivity contribution in [2.45, 2.75) is 168 Å². The summed E-state index contributed by atoms with van der Waals surface area (Å²) in [6, 6.07) is -1.00. The molecule has 0 bridgehead atoms. The smallest absolute Gasteiger partial charge is 0.326 e. The van der Waals surface area contributed by atoms with Crippen molar-refractivity contribution in [2.75, 3.05) is 71.3 Å². The quantitative estimate of drug-likeness (QED) is 0.0312. The van der Waals surface area contributed by atoms with E-state index in [1.165, 1.54) is 77.0 Å². The molecular weight excluding hydrogens is 830 g/mol. The van der Waals surface area contributed by atoms with Crippen LogP contribution < -0.4 is 16.0 Å². The Morgan fingerprint density at radius 1 is 0.492 bits per heavy atom. The van der Waals surface area contributed by atoms with E-state index in [4.69, 9.17) is 24.1 Å². The maximum atomic E-state index is 11.8. The van der Waals surface area contributed by atoms with Crippen LogP contribution in [-0.2, 0) is 47.7 Å². The molecule has 3 amide bonds. The summed E-state index contributed by atoms with van der Waals surface area (Å²) >= 11 is 3.03. The highest BCUT2D eigenvalue weighted by Gasteiger charge is 2.19. The van der Waals surface area contributed by atoms with Crippen LogP contribution in [0.5, 0.6) is 0 Å². The van der Waals surface area contributed by atoms with E-state index < -0.39 is 23.9 Å². The maximum absolute atomic E-state index is 11.8. The molecule has 346 valence electrons. The SMILES string of the molecule is CCOCC(=O)CCCOCCOCC(=O)N[C@@H](CCCCNC(=O)CBr)C(=O)O.CCOCCNC(=O)CCCCCCCCCCCCCCCCCCC(=O)O. The molecule has 1 atom stereocenters. The van der Waals surface area contributed by atoms with Crippen molar-refractivity contribution >= 4 is 51.4 Å². The molecule has 59 heavy (non-hydrogen) atoms. The van der Waals surface area contributed by atoms with Gasteiger partial charge in [0.05, 0.1) is 25.2 Å². The standard InChI is InChI=1S/C24H47NO4.C19H33BrN2O8/c1-2-29-22-21-25-23(26)19-17-15-13-11-9-7-5-3-4-6-8-10-12-14-16-18-20-24(27)28;1-2-28-13-15(23)6-5-9-29-10-11-30-14-18(25)22-16(19(26)27)7-3-4-8-21-17(24)12-20/h2-22H2,1H3,(H,25,26)(H,27,28);16H,2-14H2,1H3,(H,21,24)(H,22,25)(H,26,27)/t;16-/m.0/s1. The number of amides is 3. The highest BCUT2D eigenvalue weighted by atomic mass is 79.9. The zero-order chi connectivity index (χ0) is 44.0. The van der Waals surface area contributed by atoms with Crippen LogP contribution in [0.3, 0.4) is 0 Å². The van der Waals surface area contributed by atoms with Gasteiger partial charge in [-0.05, 0) is 52.4 Å². The van der Waals surface area contributed by atoms with Crippen LogP contribution >= 0.6 is 15.9 Å². The fourth-order valence-corrected chi connectivity index (χ4v) is 6.02. The van der Waals surface area contributed by atoms with Crippen molar-refractivity contribution < 1.29 is 57.9 Å². The highest BCUT2D eigenvalue weighted by molar-refractivity contribution is 9.09. The number of carbonyl (C=O) groups is 6. The Balaban J connectivity index is 0. The van der Waals surface area contributed by atoms with Gasteiger partial charge in [0.1, 0.15) is 19.3 Å². The molecule has 0 saturated heterocycles. The first-order valence-corrected chi connectivity index (χ1v) is 23.3. The number of Topliss-reactive ketones (excluding diaryl/α,β-unsaturated/α-hetero) is 1. The summed E-state index contributed by atoms with van der Waals surface area (Å²) in [5, 5.41) is 26.0. The van der Waals surface area contributed by atoms with Crippen LogP contribution in [0.15, 0.2) is 0 Å². The first-order chi connectivity index (χ1) is 28.6. The van der Waals surface area contributed by atoms with Crippen molar-refractivity contribution in [3.05, 3.63) is 0 Å². The predicted molar refractivity (Wildman–Crippen MR) is 233 cm³/mol. The lowest BCUT2D eigenvalue weighted by molar-refractivity contribution is -0.143. The number of aliphatic carboxylic acids is 2. The molecule has 0 aliphatic carbocycles. The van der Waals surface area contributed by atoms with Gasteiger partial charge in [0.15, 0.2) is 5.78 Å². The summed E-state index contributed by atoms with van der Waals surface area (Å²) < 4.78 is 20.7. The molecule has 0 radical (unpaired) electrons. The summed E-state index contributed by atoms with van der Waals surface area (Å²) in [6.07, 6.45) is 23.2. The largest absolute Gasteiger partial charge is 0.481 e. The van der Waals surface area contributed by atoms with E-state index in [1.807, 2.05) is 13.8 Å². The van der Waals surface area contributed by atoms with Crippen molar-refractivity contribution in [1.82, 2.24) is 16.0 Å². The monoisotopic (exact) mass is 909 g/mol. The lowest BCUT2D eigenvalue weighted by atomic mass is 10.0. The second kappa shape index (κ2) is 46.4. The lowest BCUT2D eigenvalue weighted by Crippen LogP contribution is -2.42. The zero-order valence-electron chi connectivity index (χ0n) is 36.5. The zero-order valence-corrected chi connectivity index (χ0v) is 38.1. The van der Waals surface area contributed by atoms with Crippen LogP contribution in [0.4, 0.5) is 0 Å². The van der Waals surface area contributed by atoms with E-state index in [0.717, 1.165) is 25.7 Å². The van der Waals surface area contributed by atoms with Gasteiger partial charge in [0, 0.05) is 52.2 Å². The Kier molecular flexibility index (Phi) is 46.0. The van der Waals surface area contributed by atoms with E-state index in [1.54, 1.807) is 0 Å². The normalized spacial score (nSPS) is 11.3. The molecule has 0 aliphatic rings. The Morgan fingerprint density at radius 2 is 1.02 bits per heavy atom.